The van der Waals surface area contributed by atoms with E-state index >= 15 is 0 Å². The van der Waals surface area contributed by atoms with Crippen molar-refractivity contribution in [1.82, 2.24) is 9.78 Å². The van der Waals surface area contributed by atoms with E-state index in [0.717, 1.165) is 19.3 Å². The predicted octanol–water partition coefficient (Wildman–Crippen LogP) is 3.55. The summed E-state index contributed by atoms with van der Waals surface area (Å²) in [4.78, 5) is 0. The summed E-state index contributed by atoms with van der Waals surface area (Å²) in [5, 5.41) is 4.43. The molecule has 0 aromatic carbocycles. The molecule has 0 atom stereocenters. The monoisotopic (exact) mass is 214 g/mol. The normalized spacial score (nSPS) is 11.2. The molecule has 0 bridgehead atoms. The molecule has 0 saturated heterocycles. The van der Waals surface area contributed by atoms with Crippen LogP contribution in [0, 0.1) is 0 Å². The van der Waals surface area contributed by atoms with Crippen LogP contribution in [0.25, 0.3) is 0 Å². The minimum atomic E-state index is 0.530. The molecule has 80 valence electrons. The molecule has 3 heteroatoms. The molecule has 0 fully saturated rings. The van der Waals surface area contributed by atoms with Gasteiger partial charge in [-0.25, -0.2) is 0 Å². The van der Waals surface area contributed by atoms with Gasteiger partial charge in [0, 0.05) is 11.3 Å². The van der Waals surface area contributed by atoms with E-state index in [1.807, 2.05) is 6.20 Å². The first-order valence-corrected chi connectivity index (χ1v) is 5.93. The second kappa shape index (κ2) is 5.40. The van der Waals surface area contributed by atoms with E-state index < -0.39 is 0 Å². The highest BCUT2D eigenvalue weighted by Gasteiger charge is 2.13. The van der Waals surface area contributed by atoms with Crippen molar-refractivity contribution >= 4 is 11.6 Å². The summed E-state index contributed by atoms with van der Waals surface area (Å²) in [5.41, 5.74) is 2.48. The van der Waals surface area contributed by atoms with Crippen molar-refractivity contribution in [2.45, 2.75) is 52.0 Å². The van der Waals surface area contributed by atoms with Gasteiger partial charge in [0.15, 0.2) is 0 Å². The van der Waals surface area contributed by atoms with Gasteiger partial charge in [0.2, 0.25) is 0 Å². The second-order valence-corrected chi connectivity index (χ2v) is 3.79. The van der Waals surface area contributed by atoms with Gasteiger partial charge < -0.3 is 0 Å². The Hall–Kier alpha value is -0.500. The summed E-state index contributed by atoms with van der Waals surface area (Å²) < 4.78 is 2.15. The highest BCUT2D eigenvalue weighted by Crippen LogP contribution is 2.21. The van der Waals surface area contributed by atoms with Crippen molar-refractivity contribution in [3.05, 3.63) is 17.5 Å². The lowest BCUT2D eigenvalue weighted by Gasteiger charge is -2.16. The van der Waals surface area contributed by atoms with Crippen LogP contribution in [0.2, 0.25) is 0 Å². The molecule has 1 aromatic rings. The number of hydrogen-bond acceptors (Lipinski definition) is 1. The minimum absolute atomic E-state index is 0.530. The molecule has 0 saturated carbocycles. The lowest BCUT2D eigenvalue weighted by Crippen LogP contribution is -2.12. The molecule has 0 spiro atoms. The van der Waals surface area contributed by atoms with Gasteiger partial charge in [-0.3, -0.25) is 4.68 Å². The number of halogens is 1. The molecule has 0 aliphatic carbocycles. The first-order chi connectivity index (χ1) is 6.78. The maximum absolute atomic E-state index is 5.86. The van der Waals surface area contributed by atoms with Crippen molar-refractivity contribution in [2.75, 3.05) is 0 Å². The van der Waals surface area contributed by atoms with E-state index in [1.54, 1.807) is 0 Å². The maximum atomic E-state index is 5.86. The number of nitrogens with zero attached hydrogens (tertiary/aromatic N) is 2. The first-order valence-electron chi connectivity index (χ1n) is 5.39. The fraction of sp³-hybridized carbons (Fsp3) is 0.727. The van der Waals surface area contributed by atoms with Gasteiger partial charge in [-0.2, -0.15) is 5.10 Å². The number of alkyl halides is 1. The molecule has 0 aliphatic rings. The Balaban J connectivity index is 3.01. The number of rotatable bonds is 5. The SMILES string of the molecule is CCc1c(CCl)cnn1C(CC)CC. The molecule has 0 aliphatic heterocycles. The molecular formula is C11H19ClN2. The van der Waals surface area contributed by atoms with E-state index in [1.165, 1.54) is 11.3 Å². The largest absolute Gasteiger partial charge is 0.266 e. The Morgan fingerprint density at radius 3 is 2.43 bits per heavy atom. The van der Waals surface area contributed by atoms with Gasteiger partial charge in [0.1, 0.15) is 0 Å². The highest BCUT2D eigenvalue weighted by molar-refractivity contribution is 6.17. The maximum Gasteiger partial charge on any atom is 0.0536 e. The molecule has 0 N–H and O–H groups in total. The third-order valence-corrected chi connectivity index (χ3v) is 3.04. The van der Waals surface area contributed by atoms with E-state index in [-0.39, 0.29) is 0 Å². The molecule has 14 heavy (non-hydrogen) atoms. The molecule has 1 rings (SSSR count). The summed E-state index contributed by atoms with van der Waals surface area (Å²) in [6.45, 7) is 6.57. The Labute approximate surface area is 91.3 Å². The van der Waals surface area contributed by atoms with Gasteiger partial charge in [-0.15, -0.1) is 11.6 Å². The third kappa shape index (κ3) is 2.11. The number of hydrogen-bond donors (Lipinski definition) is 0. The van der Waals surface area contributed by atoms with Gasteiger partial charge in [0.05, 0.1) is 18.1 Å². The summed E-state index contributed by atoms with van der Waals surface area (Å²) >= 11 is 5.86. The molecule has 0 radical (unpaired) electrons. The van der Waals surface area contributed by atoms with Crippen LogP contribution in [0.1, 0.15) is 50.9 Å². The van der Waals surface area contributed by atoms with Crippen LogP contribution in [0.15, 0.2) is 6.20 Å². The molecular weight excluding hydrogens is 196 g/mol. The van der Waals surface area contributed by atoms with Crippen LogP contribution in [-0.2, 0) is 12.3 Å². The molecule has 1 aromatic heterocycles. The zero-order valence-electron chi connectivity index (χ0n) is 9.26. The standard InChI is InChI=1S/C11H19ClN2/c1-4-10(5-2)14-11(6-3)9(7-12)8-13-14/h8,10H,4-7H2,1-3H3. The fourth-order valence-corrected chi connectivity index (χ4v) is 2.10. The van der Waals surface area contributed by atoms with Crippen molar-refractivity contribution in [3.8, 4) is 0 Å². The van der Waals surface area contributed by atoms with E-state index in [4.69, 9.17) is 11.6 Å². The smallest absolute Gasteiger partial charge is 0.0536 e. The molecule has 0 amide bonds. The van der Waals surface area contributed by atoms with Crippen molar-refractivity contribution in [1.29, 1.82) is 0 Å². The fourth-order valence-electron chi connectivity index (χ4n) is 1.87. The lowest BCUT2D eigenvalue weighted by molar-refractivity contribution is 0.415. The van der Waals surface area contributed by atoms with E-state index in [9.17, 15) is 0 Å². The average Bonchev–Trinajstić information content (AvgIpc) is 2.62. The third-order valence-electron chi connectivity index (χ3n) is 2.75. The molecule has 1 heterocycles. The Morgan fingerprint density at radius 1 is 1.36 bits per heavy atom. The highest BCUT2D eigenvalue weighted by atomic mass is 35.5. The zero-order valence-corrected chi connectivity index (χ0v) is 10.0. The number of aromatic nitrogens is 2. The first kappa shape index (κ1) is 11.6. The van der Waals surface area contributed by atoms with Gasteiger partial charge in [-0.05, 0) is 19.3 Å². The van der Waals surface area contributed by atoms with E-state index in [2.05, 4.69) is 30.6 Å². The van der Waals surface area contributed by atoms with Crippen LogP contribution in [0.3, 0.4) is 0 Å². The van der Waals surface area contributed by atoms with Crippen LogP contribution >= 0.6 is 11.6 Å². The Kier molecular flexibility index (Phi) is 4.46. The zero-order chi connectivity index (χ0) is 10.6. The lowest BCUT2D eigenvalue weighted by atomic mass is 10.1. The predicted molar refractivity (Wildman–Crippen MR) is 60.8 cm³/mol. The minimum Gasteiger partial charge on any atom is -0.266 e. The average molecular weight is 215 g/mol. The Bertz CT molecular complexity index is 277. The van der Waals surface area contributed by atoms with Crippen molar-refractivity contribution in [3.63, 3.8) is 0 Å². The Morgan fingerprint density at radius 2 is 2.00 bits per heavy atom. The summed E-state index contributed by atoms with van der Waals surface area (Å²) in [6, 6.07) is 0.530. The van der Waals surface area contributed by atoms with Crippen molar-refractivity contribution in [2.24, 2.45) is 0 Å². The van der Waals surface area contributed by atoms with Crippen LogP contribution < -0.4 is 0 Å². The van der Waals surface area contributed by atoms with Crippen LogP contribution in [-0.4, -0.2) is 9.78 Å². The van der Waals surface area contributed by atoms with Gasteiger partial charge in [0.25, 0.3) is 0 Å². The molecule has 2 nitrogen and oxygen atoms in total. The summed E-state index contributed by atoms with van der Waals surface area (Å²) in [6.07, 6.45) is 5.18. The van der Waals surface area contributed by atoms with Gasteiger partial charge in [-0.1, -0.05) is 20.8 Å². The quantitative estimate of drug-likeness (QED) is 0.686. The topological polar surface area (TPSA) is 17.8 Å². The van der Waals surface area contributed by atoms with Crippen molar-refractivity contribution < 1.29 is 0 Å². The molecule has 0 unspecified atom stereocenters. The van der Waals surface area contributed by atoms with E-state index in [0.29, 0.717) is 11.9 Å². The van der Waals surface area contributed by atoms with Crippen LogP contribution in [0.4, 0.5) is 0 Å². The summed E-state index contributed by atoms with van der Waals surface area (Å²) in [5.74, 6) is 0.573. The van der Waals surface area contributed by atoms with Crippen LogP contribution in [0.5, 0.6) is 0 Å². The summed E-state index contributed by atoms with van der Waals surface area (Å²) in [7, 11) is 0. The van der Waals surface area contributed by atoms with Gasteiger partial charge >= 0.3 is 0 Å². The second-order valence-electron chi connectivity index (χ2n) is 3.52.